The molecule has 0 atom stereocenters. The standard InChI is InChI=1S/C22H21NO2/c1-3-17-6-10-19(11-7-17)23-22(24)18-8-14-21(15-9-18)25-20-12-4-16(2)5-13-20/h4-15H,3H2,1-2H3,(H,23,24). The maximum absolute atomic E-state index is 12.3. The molecule has 3 heteroatoms. The molecule has 0 aliphatic heterocycles. The summed E-state index contributed by atoms with van der Waals surface area (Å²) in [6.07, 6.45) is 0.983. The molecular formula is C22H21NO2. The number of rotatable bonds is 5. The fourth-order valence-electron chi connectivity index (χ4n) is 2.44. The second-order valence-electron chi connectivity index (χ2n) is 5.94. The van der Waals surface area contributed by atoms with Crippen molar-refractivity contribution in [2.45, 2.75) is 20.3 Å². The summed E-state index contributed by atoms with van der Waals surface area (Å²) in [6.45, 7) is 4.14. The van der Waals surface area contributed by atoms with Crippen LogP contribution in [0.5, 0.6) is 11.5 Å². The Balaban J connectivity index is 1.64. The first-order valence-electron chi connectivity index (χ1n) is 8.39. The summed E-state index contributed by atoms with van der Waals surface area (Å²) in [5, 5.41) is 2.91. The molecule has 0 spiro atoms. The molecule has 25 heavy (non-hydrogen) atoms. The van der Waals surface area contributed by atoms with Gasteiger partial charge in [-0.2, -0.15) is 0 Å². The lowest BCUT2D eigenvalue weighted by Crippen LogP contribution is -2.11. The topological polar surface area (TPSA) is 38.3 Å². The predicted octanol–water partition coefficient (Wildman–Crippen LogP) is 5.60. The second kappa shape index (κ2) is 7.67. The summed E-state index contributed by atoms with van der Waals surface area (Å²) in [6, 6.07) is 22.9. The van der Waals surface area contributed by atoms with Crippen molar-refractivity contribution >= 4 is 11.6 Å². The van der Waals surface area contributed by atoms with Crippen molar-refractivity contribution in [1.29, 1.82) is 0 Å². The largest absolute Gasteiger partial charge is 0.457 e. The van der Waals surface area contributed by atoms with Crippen LogP contribution in [0.25, 0.3) is 0 Å². The van der Waals surface area contributed by atoms with E-state index in [1.54, 1.807) is 24.3 Å². The summed E-state index contributed by atoms with van der Waals surface area (Å²) in [5.74, 6) is 1.35. The lowest BCUT2D eigenvalue weighted by molar-refractivity contribution is 0.102. The van der Waals surface area contributed by atoms with Crippen LogP contribution in [0.2, 0.25) is 0 Å². The minimum Gasteiger partial charge on any atom is -0.457 e. The average molecular weight is 331 g/mol. The van der Waals surface area contributed by atoms with Gasteiger partial charge in [0.1, 0.15) is 11.5 Å². The Labute approximate surface area is 148 Å². The number of carbonyl (C=O) groups excluding carboxylic acids is 1. The summed E-state index contributed by atoms with van der Waals surface area (Å²) < 4.78 is 5.78. The molecule has 0 fully saturated rings. The number of ether oxygens (including phenoxy) is 1. The SMILES string of the molecule is CCc1ccc(NC(=O)c2ccc(Oc3ccc(C)cc3)cc2)cc1. The Morgan fingerprint density at radius 2 is 1.40 bits per heavy atom. The van der Waals surface area contributed by atoms with Gasteiger partial charge in [-0.15, -0.1) is 0 Å². The minimum absolute atomic E-state index is 0.133. The van der Waals surface area contributed by atoms with E-state index in [1.165, 1.54) is 11.1 Å². The van der Waals surface area contributed by atoms with Gasteiger partial charge in [-0.25, -0.2) is 0 Å². The van der Waals surface area contributed by atoms with Gasteiger partial charge in [-0.1, -0.05) is 36.8 Å². The molecule has 0 unspecified atom stereocenters. The van der Waals surface area contributed by atoms with E-state index >= 15 is 0 Å². The first kappa shape index (κ1) is 16.8. The summed E-state index contributed by atoms with van der Waals surface area (Å²) >= 11 is 0. The second-order valence-corrected chi connectivity index (χ2v) is 5.94. The summed E-state index contributed by atoms with van der Waals surface area (Å²) in [7, 11) is 0. The Kier molecular flexibility index (Phi) is 5.14. The Bertz CT molecular complexity index is 835. The van der Waals surface area contributed by atoms with Crippen LogP contribution < -0.4 is 10.1 Å². The van der Waals surface area contributed by atoms with Gasteiger partial charge in [0.05, 0.1) is 0 Å². The third kappa shape index (κ3) is 4.48. The first-order valence-corrected chi connectivity index (χ1v) is 8.39. The lowest BCUT2D eigenvalue weighted by Gasteiger charge is -2.08. The van der Waals surface area contributed by atoms with E-state index in [1.807, 2.05) is 55.5 Å². The molecule has 0 saturated carbocycles. The number of nitrogens with one attached hydrogen (secondary N) is 1. The quantitative estimate of drug-likeness (QED) is 0.660. The smallest absolute Gasteiger partial charge is 0.255 e. The van der Waals surface area contributed by atoms with E-state index in [0.29, 0.717) is 11.3 Å². The van der Waals surface area contributed by atoms with Crippen LogP contribution in [-0.2, 0) is 6.42 Å². The number of aryl methyl sites for hydroxylation is 2. The zero-order valence-electron chi connectivity index (χ0n) is 14.5. The van der Waals surface area contributed by atoms with Crippen LogP contribution in [0.3, 0.4) is 0 Å². The van der Waals surface area contributed by atoms with E-state index < -0.39 is 0 Å². The van der Waals surface area contributed by atoms with E-state index in [0.717, 1.165) is 17.9 Å². The van der Waals surface area contributed by atoms with Crippen LogP contribution in [0.15, 0.2) is 72.8 Å². The molecule has 3 aromatic rings. The molecule has 1 N–H and O–H groups in total. The van der Waals surface area contributed by atoms with Crippen LogP contribution in [0.1, 0.15) is 28.4 Å². The molecule has 0 heterocycles. The van der Waals surface area contributed by atoms with Crippen molar-refractivity contribution in [1.82, 2.24) is 0 Å². The van der Waals surface area contributed by atoms with Crippen molar-refractivity contribution < 1.29 is 9.53 Å². The normalized spacial score (nSPS) is 10.3. The number of anilines is 1. The fraction of sp³-hybridized carbons (Fsp3) is 0.136. The molecule has 3 rings (SSSR count). The average Bonchev–Trinajstić information content (AvgIpc) is 2.65. The fourth-order valence-corrected chi connectivity index (χ4v) is 2.44. The molecule has 0 aliphatic rings. The van der Waals surface area contributed by atoms with Gasteiger partial charge in [0.15, 0.2) is 0 Å². The van der Waals surface area contributed by atoms with Crippen LogP contribution >= 0.6 is 0 Å². The number of hydrogen-bond acceptors (Lipinski definition) is 2. The van der Waals surface area contributed by atoms with E-state index in [2.05, 4.69) is 12.2 Å². The molecule has 1 amide bonds. The molecule has 0 aromatic heterocycles. The first-order chi connectivity index (χ1) is 12.1. The van der Waals surface area contributed by atoms with Crippen molar-refractivity contribution in [3.8, 4) is 11.5 Å². The van der Waals surface area contributed by atoms with Crippen LogP contribution in [0, 0.1) is 6.92 Å². The molecular weight excluding hydrogens is 310 g/mol. The molecule has 0 radical (unpaired) electrons. The van der Waals surface area contributed by atoms with Gasteiger partial charge in [-0.05, 0) is 67.4 Å². The van der Waals surface area contributed by atoms with Crippen molar-refractivity contribution in [3.05, 3.63) is 89.5 Å². The Morgan fingerprint density at radius 3 is 1.96 bits per heavy atom. The van der Waals surface area contributed by atoms with Crippen molar-refractivity contribution in [3.63, 3.8) is 0 Å². The molecule has 126 valence electrons. The Hall–Kier alpha value is -3.07. The maximum Gasteiger partial charge on any atom is 0.255 e. The van der Waals surface area contributed by atoms with Crippen LogP contribution in [-0.4, -0.2) is 5.91 Å². The molecule has 0 saturated heterocycles. The van der Waals surface area contributed by atoms with E-state index in [4.69, 9.17) is 4.74 Å². The summed E-state index contributed by atoms with van der Waals surface area (Å²) in [5.41, 5.74) is 3.82. The lowest BCUT2D eigenvalue weighted by atomic mass is 10.1. The van der Waals surface area contributed by atoms with E-state index in [-0.39, 0.29) is 5.91 Å². The zero-order chi connectivity index (χ0) is 17.6. The van der Waals surface area contributed by atoms with Crippen molar-refractivity contribution in [2.75, 3.05) is 5.32 Å². The van der Waals surface area contributed by atoms with Gasteiger partial charge < -0.3 is 10.1 Å². The third-order valence-corrected chi connectivity index (χ3v) is 3.99. The van der Waals surface area contributed by atoms with Gasteiger partial charge in [-0.3, -0.25) is 4.79 Å². The molecule has 3 nitrogen and oxygen atoms in total. The van der Waals surface area contributed by atoms with Crippen molar-refractivity contribution in [2.24, 2.45) is 0 Å². The highest BCUT2D eigenvalue weighted by atomic mass is 16.5. The minimum atomic E-state index is -0.133. The zero-order valence-corrected chi connectivity index (χ0v) is 14.5. The van der Waals surface area contributed by atoms with Crippen LogP contribution in [0.4, 0.5) is 5.69 Å². The number of benzene rings is 3. The molecule has 3 aromatic carbocycles. The van der Waals surface area contributed by atoms with Gasteiger partial charge >= 0.3 is 0 Å². The highest BCUT2D eigenvalue weighted by Crippen LogP contribution is 2.22. The highest BCUT2D eigenvalue weighted by Gasteiger charge is 2.07. The van der Waals surface area contributed by atoms with Gasteiger partial charge in [0.2, 0.25) is 0 Å². The van der Waals surface area contributed by atoms with Gasteiger partial charge in [0.25, 0.3) is 5.91 Å². The number of hydrogen-bond donors (Lipinski definition) is 1. The monoisotopic (exact) mass is 331 g/mol. The van der Waals surface area contributed by atoms with Gasteiger partial charge in [0, 0.05) is 11.3 Å². The molecule has 0 aliphatic carbocycles. The Morgan fingerprint density at radius 1 is 0.840 bits per heavy atom. The third-order valence-electron chi connectivity index (χ3n) is 3.99. The van der Waals surface area contributed by atoms with E-state index in [9.17, 15) is 4.79 Å². The molecule has 0 bridgehead atoms. The highest BCUT2D eigenvalue weighted by molar-refractivity contribution is 6.04. The predicted molar refractivity (Wildman–Crippen MR) is 101 cm³/mol. The maximum atomic E-state index is 12.3. The number of carbonyl (C=O) groups is 1. The summed E-state index contributed by atoms with van der Waals surface area (Å²) in [4.78, 5) is 12.3. The number of amides is 1.